The molecule has 0 radical (unpaired) electrons. The summed E-state index contributed by atoms with van der Waals surface area (Å²) in [6, 6.07) is 10.6. The van der Waals surface area contributed by atoms with Gasteiger partial charge in [0, 0.05) is 51.4 Å². The molecule has 2 aromatic rings. The van der Waals surface area contributed by atoms with Gasteiger partial charge in [-0.25, -0.2) is 4.79 Å². The molecule has 7 heteroatoms. The molecule has 2 amide bonds. The van der Waals surface area contributed by atoms with Crippen molar-refractivity contribution in [2.24, 2.45) is 7.05 Å². The third-order valence-corrected chi connectivity index (χ3v) is 6.70. The largest absolute Gasteiger partial charge is 0.483 e. The van der Waals surface area contributed by atoms with E-state index in [9.17, 15) is 9.90 Å². The highest BCUT2D eigenvalue weighted by atomic mass is 16.5. The molecule has 2 aliphatic heterocycles. The number of carbonyl (C=O) groups excluding carboxylic acids is 1. The van der Waals surface area contributed by atoms with Gasteiger partial charge in [0.15, 0.2) is 5.75 Å². The number of nitrogens with one attached hydrogen (secondary N) is 1. The van der Waals surface area contributed by atoms with Gasteiger partial charge in [-0.3, -0.25) is 4.68 Å². The van der Waals surface area contributed by atoms with E-state index >= 15 is 0 Å². The Bertz CT molecular complexity index is 915. The standard InChI is InChI=1S/C22H28N4O3/c1-21(28)14-22(29-18-13-23-25(2)19(18)21)8-10-26(11-9-22)20(27)24-17-12-16(17)15-6-4-3-5-7-15/h3-7,13,16-17,28H,8-12,14H2,1-2H3,(H,24,27)/t16-,17+,21-/m0/s1. The minimum absolute atomic E-state index is 0.00733. The Hall–Kier alpha value is -2.54. The first-order valence-electron chi connectivity index (χ1n) is 10.4. The van der Waals surface area contributed by atoms with E-state index in [0.717, 1.165) is 12.1 Å². The first-order chi connectivity index (χ1) is 13.9. The second-order valence-electron chi connectivity index (χ2n) is 9.01. The molecule has 2 N–H and O–H groups in total. The van der Waals surface area contributed by atoms with Gasteiger partial charge >= 0.3 is 6.03 Å². The van der Waals surface area contributed by atoms with Gasteiger partial charge in [-0.1, -0.05) is 30.3 Å². The second-order valence-corrected chi connectivity index (χ2v) is 9.01. The number of hydrogen-bond donors (Lipinski definition) is 2. The molecule has 1 saturated carbocycles. The lowest BCUT2D eigenvalue weighted by atomic mass is 9.77. The lowest BCUT2D eigenvalue weighted by Gasteiger charge is -2.47. The third-order valence-electron chi connectivity index (χ3n) is 6.70. The van der Waals surface area contributed by atoms with Crippen molar-refractivity contribution in [3.63, 3.8) is 0 Å². The van der Waals surface area contributed by atoms with Crippen LogP contribution in [0.4, 0.5) is 4.79 Å². The molecular formula is C22H28N4O3. The summed E-state index contributed by atoms with van der Waals surface area (Å²) in [5, 5.41) is 18.4. The monoisotopic (exact) mass is 396 g/mol. The normalized spacial score (nSPS) is 29.8. The number of rotatable bonds is 2. The molecule has 5 rings (SSSR count). The third kappa shape index (κ3) is 3.27. The average molecular weight is 396 g/mol. The van der Waals surface area contributed by atoms with Crippen LogP contribution in [0, 0.1) is 0 Å². The van der Waals surface area contributed by atoms with E-state index in [1.807, 2.05) is 37.1 Å². The number of fused-ring (bicyclic) bond motifs is 1. The fourth-order valence-electron chi connectivity index (χ4n) is 5.16. The van der Waals surface area contributed by atoms with Crippen LogP contribution >= 0.6 is 0 Å². The zero-order chi connectivity index (χ0) is 20.2. The Balaban J connectivity index is 1.20. The van der Waals surface area contributed by atoms with Crippen LogP contribution < -0.4 is 10.1 Å². The number of hydrogen-bond acceptors (Lipinski definition) is 4. The SMILES string of the molecule is Cn1ncc2c1[C@@](C)(O)CC1(CCN(C(=O)N[C@@H]3C[C@H]3c3ccccc3)CC1)O2. The summed E-state index contributed by atoms with van der Waals surface area (Å²) in [6.45, 7) is 3.08. The maximum absolute atomic E-state index is 12.7. The number of piperidine rings is 1. The van der Waals surface area contributed by atoms with Crippen molar-refractivity contribution in [3.8, 4) is 5.75 Å². The fraction of sp³-hybridized carbons (Fsp3) is 0.545. The Morgan fingerprint density at radius 2 is 2.00 bits per heavy atom. The van der Waals surface area contributed by atoms with E-state index in [-0.39, 0.29) is 12.1 Å². The van der Waals surface area contributed by atoms with Crippen molar-refractivity contribution < 1.29 is 14.6 Å². The summed E-state index contributed by atoms with van der Waals surface area (Å²) in [5.74, 6) is 1.09. The number of likely N-dealkylation sites (tertiary alicyclic amines) is 1. The lowest BCUT2D eigenvalue weighted by molar-refractivity contribution is -0.0937. The van der Waals surface area contributed by atoms with Gasteiger partial charge in [0.25, 0.3) is 0 Å². The van der Waals surface area contributed by atoms with Crippen LogP contribution in [0.5, 0.6) is 5.75 Å². The number of ether oxygens (including phenoxy) is 1. The molecule has 1 spiro atoms. The summed E-state index contributed by atoms with van der Waals surface area (Å²) < 4.78 is 8.00. The predicted molar refractivity (Wildman–Crippen MR) is 108 cm³/mol. The minimum atomic E-state index is -0.986. The van der Waals surface area contributed by atoms with Crippen LogP contribution in [0.3, 0.4) is 0 Å². The Morgan fingerprint density at radius 3 is 2.72 bits per heavy atom. The topological polar surface area (TPSA) is 79.6 Å². The molecule has 29 heavy (non-hydrogen) atoms. The molecule has 0 bridgehead atoms. The molecule has 3 atom stereocenters. The number of aryl methyl sites for hydroxylation is 1. The van der Waals surface area contributed by atoms with Gasteiger partial charge in [-0.05, 0) is 18.9 Å². The fourth-order valence-corrected chi connectivity index (χ4v) is 5.16. The number of amides is 2. The highest BCUT2D eigenvalue weighted by Gasteiger charge is 2.50. The highest BCUT2D eigenvalue weighted by molar-refractivity contribution is 5.75. The van der Waals surface area contributed by atoms with Crippen molar-refractivity contribution in [1.82, 2.24) is 20.0 Å². The Labute approximate surface area is 170 Å². The van der Waals surface area contributed by atoms with Crippen LogP contribution in [0.25, 0.3) is 0 Å². The van der Waals surface area contributed by atoms with Gasteiger partial charge < -0.3 is 20.1 Å². The summed E-state index contributed by atoms with van der Waals surface area (Å²) in [4.78, 5) is 14.6. The molecule has 7 nitrogen and oxygen atoms in total. The number of urea groups is 1. The van der Waals surface area contributed by atoms with Crippen LogP contribution in [0.2, 0.25) is 0 Å². The van der Waals surface area contributed by atoms with Crippen LogP contribution in [0.15, 0.2) is 36.5 Å². The van der Waals surface area contributed by atoms with Crippen LogP contribution in [0.1, 0.15) is 49.8 Å². The van der Waals surface area contributed by atoms with Crippen LogP contribution in [-0.4, -0.2) is 50.6 Å². The van der Waals surface area contributed by atoms with Gasteiger partial charge in [0.2, 0.25) is 0 Å². The zero-order valence-electron chi connectivity index (χ0n) is 17.0. The lowest BCUT2D eigenvalue weighted by Crippen LogP contribution is -2.56. The van der Waals surface area contributed by atoms with Gasteiger partial charge in [-0.15, -0.1) is 0 Å². The highest BCUT2D eigenvalue weighted by Crippen LogP contribution is 2.47. The van der Waals surface area contributed by atoms with Crippen molar-refractivity contribution in [3.05, 3.63) is 47.8 Å². The van der Waals surface area contributed by atoms with Crippen molar-refractivity contribution in [2.45, 2.75) is 55.8 Å². The van der Waals surface area contributed by atoms with E-state index in [4.69, 9.17) is 4.74 Å². The van der Waals surface area contributed by atoms with E-state index in [1.54, 1.807) is 10.9 Å². The molecule has 3 aliphatic rings. The van der Waals surface area contributed by atoms with Crippen molar-refractivity contribution in [1.29, 1.82) is 0 Å². The molecular weight excluding hydrogens is 368 g/mol. The second kappa shape index (κ2) is 6.49. The zero-order valence-corrected chi connectivity index (χ0v) is 17.0. The van der Waals surface area contributed by atoms with E-state index in [1.165, 1.54) is 5.56 Å². The van der Waals surface area contributed by atoms with Crippen molar-refractivity contribution >= 4 is 6.03 Å². The van der Waals surface area contributed by atoms with E-state index in [2.05, 4.69) is 22.5 Å². The summed E-state index contributed by atoms with van der Waals surface area (Å²) in [5.41, 5.74) is 0.590. The number of benzene rings is 1. The average Bonchev–Trinajstić information content (AvgIpc) is 3.35. The maximum Gasteiger partial charge on any atom is 0.317 e. The summed E-state index contributed by atoms with van der Waals surface area (Å²) >= 11 is 0. The maximum atomic E-state index is 12.7. The molecule has 1 aliphatic carbocycles. The number of aliphatic hydroxyl groups is 1. The molecule has 1 aromatic carbocycles. The number of aromatic nitrogens is 2. The molecule has 1 saturated heterocycles. The molecule has 3 heterocycles. The van der Waals surface area contributed by atoms with E-state index < -0.39 is 11.2 Å². The summed E-state index contributed by atoms with van der Waals surface area (Å²) in [6.07, 6.45) is 4.61. The first-order valence-corrected chi connectivity index (χ1v) is 10.4. The van der Waals surface area contributed by atoms with Gasteiger partial charge in [0.1, 0.15) is 16.9 Å². The number of nitrogens with zero attached hydrogens (tertiary/aromatic N) is 3. The Kier molecular flexibility index (Phi) is 4.13. The predicted octanol–water partition coefficient (Wildman–Crippen LogP) is 2.51. The Morgan fingerprint density at radius 1 is 1.28 bits per heavy atom. The van der Waals surface area contributed by atoms with Crippen molar-refractivity contribution in [2.75, 3.05) is 13.1 Å². The summed E-state index contributed by atoms with van der Waals surface area (Å²) in [7, 11) is 1.82. The molecule has 1 aromatic heterocycles. The van der Waals surface area contributed by atoms with Crippen LogP contribution in [-0.2, 0) is 12.6 Å². The smallest absolute Gasteiger partial charge is 0.317 e. The van der Waals surface area contributed by atoms with Gasteiger partial charge in [-0.2, -0.15) is 5.10 Å². The van der Waals surface area contributed by atoms with E-state index in [0.29, 0.717) is 44.0 Å². The quantitative estimate of drug-likeness (QED) is 0.818. The minimum Gasteiger partial charge on any atom is -0.483 e. The van der Waals surface area contributed by atoms with Gasteiger partial charge in [0.05, 0.1) is 6.20 Å². The number of carbonyl (C=O) groups is 1. The molecule has 2 fully saturated rings. The molecule has 154 valence electrons. The first kappa shape index (κ1) is 18.5. The molecule has 0 unspecified atom stereocenters.